The average molecular weight is 456 g/mol. The topological polar surface area (TPSA) is 132 Å². The van der Waals surface area contributed by atoms with Crippen molar-refractivity contribution in [2.45, 2.75) is 10.6 Å². The van der Waals surface area contributed by atoms with Gasteiger partial charge >= 0.3 is 5.97 Å². The highest BCUT2D eigenvalue weighted by molar-refractivity contribution is 7.90. The van der Waals surface area contributed by atoms with Gasteiger partial charge in [-0.3, -0.25) is 9.59 Å². The summed E-state index contributed by atoms with van der Waals surface area (Å²) < 4.78 is 35.1. The highest BCUT2D eigenvalue weighted by Gasteiger charge is 2.24. The number of amides is 2. The first-order valence-corrected chi connectivity index (χ1v) is 11.1. The van der Waals surface area contributed by atoms with E-state index in [0.717, 1.165) is 0 Å². The van der Waals surface area contributed by atoms with E-state index in [9.17, 15) is 22.8 Å². The van der Waals surface area contributed by atoms with Gasteiger partial charge in [0, 0.05) is 23.9 Å². The van der Waals surface area contributed by atoms with Gasteiger partial charge in [0.15, 0.2) is 16.4 Å². The van der Waals surface area contributed by atoms with Crippen LogP contribution in [-0.2, 0) is 25.1 Å². The molecule has 0 fully saturated rings. The van der Waals surface area contributed by atoms with Crippen LogP contribution in [0, 0.1) is 0 Å². The summed E-state index contributed by atoms with van der Waals surface area (Å²) in [5.74, 6) is -2.58. The van der Waals surface area contributed by atoms with Gasteiger partial charge in [-0.05, 0) is 42.5 Å². The summed E-state index contributed by atoms with van der Waals surface area (Å²) in [6.45, 7) is -0.610. The highest BCUT2D eigenvalue weighted by Crippen LogP contribution is 2.20. The second-order valence-electron chi connectivity index (χ2n) is 6.63. The number of carbonyl (C=O) groups excluding carboxylic acids is 3. The highest BCUT2D eigenvalue weighted by atomic mass is 32.2. The van der Waals surface area contributed by atoms with E-state index < -0.39 is 34.1 Å². The van der Waals surface area contributed by atoms with Crippen molar-refractivity contribution < 1.29 is 32.0 Å². The normalized spacial score (nSPS) is 10.9. The molecule has 2 amide bonds. The minimum Gasteiger partial charge on any atom is -0.457 e. The van der Waals surface area contributed by atoms with Crippen molar-refractivity contribution in [2.75, 3.05) is 19.0 Å². The maximum Gasteiger partial charge on any atom is 0.375 e. The molecule has 0 radical (unpaired) electrons. The molecule has 0 aliphatic heterocycles. The van der Waals surface area contributed by atoms with Crippen LogP contribution in [-0.4, -0.2) is 39.9 Å². The SMILES string of the molecule is CNC(=O)c1ccc(NC(=O)COC(=O)c2occc2CS(=O)(=O)c2ccccc2)cc1. The predicted molar refractivity (Wildman–Crippen MR) is 115 cm³/mol. The molecule has 166 valence electrons. The third kappa shape index (κ3) is 5.61. The van der Waals surface area contributed by atoms with Gasteiger partial charge in [0.25, 0.3) is 11.8 Å². The number of furan rings is 1. The van der Waals surface area contributed by atoms with E-state index in [1.807, 2.05) is 0 Å². The second-order valence-corrected chi connectivity index (χ2v) is 8.62. The van der Waals surface area contributed by atoms with Gasteiger partial charge in [-0.1, -0.05) is 18.2 Å². The van der Waals surface area contributed by atoms with Crippen LogP contribution < -0.4 is 10.6 Å². The van der Waals surface area contributed by atoms with Crippen molar-refractivity contribution >= 4 is 33.3 Å². The standard InChI is InChI=1S/C22H20N2O7S/c1-23-21(26)15-7-9-17(10-8-15)24-19(25)13-31-22(27)20-16(11-12-30-20)14-32(28,29)18-5-3-2-4-6-18/h2-12H,13-14H2,1H3,(H,23,26)(H,24,25). The van der Waals surface area contributed by atoms with Crippen LogP contribution in [0.4, 0.5) is 5.69 Å². The minimum atomic E-state index is -3.70. The molecule has 0 saturated carbocycles. The van der Waals surface area contributed by atoms with Crippen LogP contribution in [0.15, 0.2) is 76.2 Å². The van der Waals surface area contributed by atoms with Crippen molar-refractivity contribution in [3.05, 3.63) is 83.8 Å². The van der Waals surface area contributed by atoms with Gasteiger partial charge in [0.05, 0.1) is 16.9 Å². The Labute approximate surface area is 184 Å². The fraction of sp³-hybridized carbons (Fsp3) is 0.136. The van der Waals surface area contributed by atoms with Crippen molar-refractivity contribution in [1.82, 2.24) is 5.32 Å². The van der Waals surface area contributed by atoms with Crippen LogP contribution in [0.25, 0.3) is 0 Å². The molecule has 10 heteroatoms. The van der Waals surface area contributed by atoms with E-state index in [1.165, 1.54) is 55.8 Å². The van der Waals surface area contributed by atoms with Gasteiger partial charge in [-0.15, -0.1) is 0 Å². The zero-order valence-electron chi connectivity index (χ0n) is 17.0. The van der Waals surface area contributed by atoms with Crippen LogP contribution in [0.1, 0.15) is 26.5 Å². The molecule has 1 heterocycles. The van der Waals surface area contributed by atoms with Crippen molar-refractivity contribution in [3.8, 4) is 0 Å². The molecule has 0 saturated heterocycles. The number of rotatable bonds is 8. The Bertz CT molecular complexity index is 1220. The first-order valence-electron chi connectivity index (χ1n) is 9.43. The third-order valence-corrected chi connectivity index (χ3v) is 6.05. The van der Waals surface area contributed by atoms with Gasteiger partial charge in [0.1, 0.15) is 0 Å². The zero-order chi connectivity index (χ0) is 23.1. The molecule has 0 bridgehead atoms. The number of carbonyl (C=O) groups is 3. The maximum atomic E-state index is 12.5. The summed E-state index contributed by atoms with van der Waals surface area (Å²) >= 11 is 0. The van der Waals surface area contributed by atoms with Crippen LogP contribution >= 0.6 is 0 Å². The Morgan fingerprint density at radius 3 is 2.31 bits per heavy atom. The molecule has 2 aromatic carbocycles. The summed E-state index contributed by atoms with van der Waals surface area (Å²) in [6, 6.07) is 15.3. The monoisotopic (exact) mass is 456 g/mol. The van der Waals surface area contributed by atoms with Crippen LogP contribution in [0.2, 0.25) is 0 Å². The quantitative estimate of drug-likeness (QED) is 0.498. The summed E-state index contributed by atoms with van der Waals surface area (Å²) in [5.41, 5.74) is 0.961. The number of sulfone groups is 1. The summed E-state index contributed by atoms with van der Waals surface area (Å²) in [7, 11) is -2.19. The van der Waals surface area contributed by atoms with E-state index in [2.05, 4.69) is 10.6 Å². The Hall–Kier alpha value is -3.92. The van der Waals surface area contributed by atoms with E-state index in [0.29, 0.717) is 11.3 Å². The molecule has 3 rings (SSSR count). The summed E-state index contributed by atoms with van der Waals surface area (Å²) in [4.78, 5) is 36.0. The maximum absolute atomic E-state index is 12.5. The number of benzene rings is 2. The van der Waals surface area contributed by atoms with E-state index in [1.54, 1.807) is 18.2 Å². The smallest absolute Gasteiger partial charge is 0.375 e. The Morgan fingerprint density at radius 1 is 0.969 bits per heavy atom. The lowest BCUT2D eigenvalue weighted by atomic mass is 10.2. The molecule has 0 aliphatic rings. The van der Waals surface area contributed by atoms with Gasteiger partial charge in [-0.25, -0.2) is 13.2 Å². The molecule has 3 aromatic rings. The number of hydrogen-bond acceptors (Lipinski definition) is 7. The largest absolute Gasteiger partial charge is 0.457 e. The Kier molecular flexibility index (Phi) is 7.06. The third-order valence-electron chi connectivity index (χ3n) is 4.37. The van der Waals surface area contributed by atoms with E-state index in [-0.39, 0.29) is 22.1 Å². The Morgan fingerprint density at radius 2 is 1.66 bits per heavy atom. The summed E-state index contributed by atoms with van der Waals surface area (Å²) in [6.07, 6.45) is 1.18. The fourth-order valence-electron chi connectivity index (χ4n) is 2.79. The number of nitrogens with one attached hydrogen (secondary N) is 2. The lowest BCUT2D eigenvalue weighted by molar-refractivity contribution is -0.119. The molecule has 32 heavy (non-hydrogen) atoms. The molecule has 0 spiro atoms. The van der Waals surface area contributed by atoms with Crippen molar-refractivity contribution in [1.29, 1.82) is 0 Å². The molecule has 9 nitrogen and oxygen atoms in total. The van der Waals surface area contributed by atoms with Crippen LogP contribution in [0.3, 0.4) is 0 Å². The zero-order valence-corrected chi connectivity index (χ0v) is 17.8. The van der Waals surface area contributed by atoms with Crippen LogP contribution in [0.5, 0.6) is 0 Å². The first-order chi connectivity index (χ1) is 15.3. The molecule has 1 aromatic heterocycles. The van der Waals surface area contributed by atoms with E-state index in [4.69, 9.17) is 9.15 Å². The second kappa shape index (κ2) is 9.92. The molecule has 0 aliphatic carbocycles. The number of anilines is 1. The lowest BCUT2D eigenvalue weighted by Gasteiger charge is -2.08. The van der Waals surface area contributed by atoms with Gasteiger partial charge < -0.3 is 19.8 Å². The summed E-state index contributed by atoms with van der Waals surface area (Å²) in [5, 5.41) is 5.01. The lowest BCUT2D eigenvalue weighted by Crippen LogP contribution is -2.21. The van der Waals surface area contributed by atoms with E-state index >= 15 is 0 Å². The number of ether oxygens (including phenoxy) is 1. The van der Waals surface area contributed by atoms with Crippen molar-refractivity contribution in [3.63, 3.8) is 0 Å². The minimum absolute atomic E-state index is 0.113. The molecule has 0 atom stereocenters. The van der Waals surface area contributed by atoms with Crippen molar-refractivity contribution in [2.24, 2.45) is 0 Å². The van der Waals surface area contributed by atoms with Gasteiger partial charge in [-0.2, -0.15) is 0 Å². The molecular weight excluding hydrogens is 436 g/mol. The molecule has 2 N–H and O–H groups in total. The predicted octanol–water partition coefficient (Wildman–Crippen LogP) is 2.41. The molecule has 0 unspecified atom stereocenters. The number of esters is 1. The fourth-order valence-corrected chi connectivity index (χ4v) is 4.16. The van der Waals surface area contributed by atoms with Gasteiger partial charge in [0.2, 0.25) is 5.76 Å². The average Bonchev–Trinajstić information content (AvgIpc) is 3.25. The first kappa shape index (κ1) is 22.8. The molecular formula is C22H20N2O7S. The number of hydrogen-bond donors (Lipinski definition) is 2. The Balaban J connectivity index is 1.58.